The summed E-state index contributed by atoms with van der Waals surface area (Å²) in [5.41, 5.74) is 3.25. The van der Waals surface area contributed by atoms with Gasteiger partial charge in [-0.05, 0) is 23.3 Å². The van der Waals surface area contributed by atoms with Crippen molar-refractivity contribution in [1.29, 1.82) is 0 Å². The Balaban J connectivity index is 1.64. The van der Waals surface area contributed by atoms with E-state index in [2.05, 4.69) is 10.4 Å². The van der Waals surface area contributed by atoms with Crippen LogP contribution in [0.15, 0.2) is 67.0 Å². The number of hydrogen-bond acceptors (Lipinski definition) is 3. The summed E-state index contributed by atoms with van der Waals surface area (Å²) >= 11 is 0. The number of anilines is 1. The Morgan fingerprint density at radius 2 is 1.68 bits per heavy atom. The van der Waals surface area contributed by atoms with Gasteiger partial charge in [-0.3, -0.25) is 14.3 Å². The summed E-state index contributed by atoms with van der Waals surface area (Å²) in [5.74, 6) is -1.19. The third-order valence-electron chi connectivity index (χ3n) is 3.70. The Labute approximate surface area is 144 Å². The van der Waals surface area contributed by atoms with Crippen molar-refractivity contribution in [3.05, 3.63) is 72.6 Å². The summed E-state index contributed by atoms with van der Waals surface area (Å²) in [6.45, 7) is 0.231. The molecule has 0 unspecified atom stereocenters. The minimum Gasteiger partial charge on any atom is -0.481 e. The molecular weight excluding hydrogens is 318 g/mol. The number of aliphatic carboxylic acids is 1. The number of nitrogens with zero attached hydrogens (tertiary/aromatic N) is 2. The molecule has 1 heterocycles. The minimum atomic E-state index is -0.903. The second-order valence-corrected chi connectivity index (χ2v) is 5.53. The van der Waals surface area contributed by atoms with Crippen molar-refractivity contribution in [3.8, 4) is 11.1 Å². The molecule has 0 aliphatic rings. The first-order valence-corrected chi connectivity index (χ1v) is 7.83. The molecule has 3 aromatic rings. The molecule has 0 atom stereocenters. The van der Waals surface area contributed by atoms with Crippen LogP contribution in [0.2, 0.25) is 0 Å². The van der Waals surface area contributed by atoms with Crippen LogP contribution >= 0.6 is 0 Å². The molecule has 25 heavy (non-hydrogen) atoms. The molecule has 0 aliphatic carbocycles. The smallest absolute Gasteiger partial charge is 0.305 e. The second kappa shape index (κ2) is 7.44. The maximum Gasteiger partial charge on any atom is 0.305 e. The van der Waals surface area contributed by atoms with E-state index in [0.717, 1.165) is 11.1 Å². The Kier molecular flexibility index (Phi) is 4.89. The summed E-state index contributed by atoms with van der Waals surface area (Å²) in [5, 5.41) is 15.5. The Hall–Kier alpha value is -3.41. The number of carbonyl (C=O) groups excluding carboxylic acids is 1. The number of benzene rings is 2. The third kappa shape index (κ3) is 4.32. The second-order valence-electron chi connectivity index (χ2n) is 5.53. The van der Waals surface area contributed by atoms with E-state index in [0.29, 0.717) is 11.3 Å². The van der Waals surface area contributed by atoms with Crippen molar-refractivity contribution in [3.63, 3.8) is 0 Å². The van der Waals surface area contributed by atoms with Crippen molar-refractivity contribution < 1.29 is 14.7 Å². The van der Waals surface area contributed by atoms with Gasteiger partial charge >= 0.3 is 5.97 Å². The summed E-state index contributed by atoms with van der Waals surface area (Å²) in [7, 11) is 0. The average Bonchev–Trinajstić information content (AvgIpc) is 3.11. The number of aryl methyl sites for hydroxylation is 1. The van der Waals surface area contributed by atoms with Gasteiger partial charge in [0, 0.05) is 11.9 Å². The molecule has 0 saturated heterocycles. The van der Waals surface area contributed by atoms with Crippen LogP contribution in [-0.4, -0.2) is 26.8 Å². The number of rotatable bonds is 6. The quantitative estimate of drug-likeness (QED) is 0.724. The zero-order valence-electron chi connectivity index (χ0n) is 13.4. The molecule has 0 radical (unpaired) electrons. The fraction of sp³-hybridized carbons (Fsp3) is 0.105. The molecule has 6 heteroatoms. The maximum atomic E-state index is 12.2. The van der Waals surface area contributed by atoms with Crippen molar-refractivity contribution in [1.82, 2.24) is 9.78 Å². The van der Waals surface area contributed by atoms with Crippen molar-refractivity contribution >= 4 is 17.6 Å². The van der Waals surface area contributed by atoms with Crippen LogP contribution in [0.4, 0.5) is 5.69 Å². The summed E-state index contributed by atoms with van der Waals surface area (Å²) in [6, 6.07) is 17.6. The summed E-state index contributed by atoms with van der Waals surface area (Å²) < 4.78 is 1.45. The van der Waals surface area contributed by atoms with Gasteiger partial charge in [-0.15, -0.1) is 0 Å². The van der Waals surface area contributed by atoms with E-state index in [1.54, 1.807) is 0 Å². The highest BCUT2D eigenvalue weighted by Gasteiger charge is 2.10. The molecule has 3 rings (SSSR count). The molecule has 2 aromatic carbocycles. The topological polar surface area (TPSA) is 84.2 Å². The van der Waals surface area contributed by atoms with E-state index in [1.807, 2.05) is 54.6 Å². The molecule has 2 N–H and O–H groups in total. The van der Waals surface area contributed by atoms with Crippen LogP contribution in [0.1, 0.15) is 16.8 Å². The van der Waals surface area contributed by atoms with E-state index in [4.69, 9.17) is 5.11 Å². The van der Waals surface area contributed by atoms with Crippen LogP contribution in [0.3, 0.4) is 0 Å². The SMILES string of the molecule is O=C(O)CCn1cc(C(=O)Nc2ccc(-c3ccccc3)cc2)cn1. The number of carbonyl (C=O) groups is 2. The largest absolute Gasteiger partial charge is 0.481 e. The van der Waals surface area contributed by atoms with Gasteiger partial charge in [-0.1, -0.05) is 42.5 Å². The monoisotopic (exact) mass is 335 g/mol. The number of nitrogens with one attached hydrogen (secondary N) is 1. The molecule has 1 amide bonds. The molecule has 0 fully saturated rings. The van der Waals surface area contributed by atoms with Crippen molar-refractivity contribution in [2.24, 2.45) is 0 Å². The number of aromatic nitrogens is 2. The fourth-order valence-electron chi connectivity index (χ4n) is 2.39. The number of carboxylic acid groups (broad SMARTS) is 1. The highest BCUT2D eigenvalue weighted by Crippen LogP contribution is 2.21. The van der Waals surface area contributed by atoms with Gasteiger partial charge < -0.3 is 10.4 Å². The first-order chi connectivity index (χ1) is 12.1. The van der Waals surface area contributed by atoms with Gasteiger partial charge in [-0.25, -0.2) is 0 Å². The van der Waals surface area contributed by atoms with Crippen LogP contribution in [0, 0.1) is 0 Å². The van der Waals surface area contributed by atoms with Gasteiger partial charge in [0.15, 0.2) is 0 Å². The zero-order valence-corrected chi connectivity index (χ0v) is 13.4. The molecule has 0 aliphatic heterocycles. The molecule has 6 nitrogen and oxygen atoms in total. The molecular formula is C19H17N3O3. The van der Waals surface area contributed by atoms with Crippen molar-refractivity contribution in [2.75, 3.05) is 5.32 Å². The molecule has 1 aromatic heterocycles. The predicted molar refractivity (Wildman–Crippen MR) is 94.3 cm³/mol. The summed E-state index contributed by atoms with van der Waals surface area (Å²) in [6.07, 6.45) is 2.93. The number of carboxylic acids is 1. The fourth-order valence-corrected chi connectivity index (χ4v) is 2.39. The molecule has 126 valence electrons. The van der Waals surface area contributed by atoms with Gasteiger partial charge in [0.25, 0.3) is 5.91 Å². The van der Waals surface area contributed by atoms with Crippen LogP contribution in [0.25, 0.3) is 11.1 Å². The van der Waals surface area contributed by atoms with E-state index in [9.17, 15) is 9.59 Å². The zero-order chi connectivity index (χ0) is 17.6. The van der Waals surface area contributed by atoms with Crippen LogP contribution in [0.5, 0.6) is 0 Å². The first kappa shape index (κ1) is 16.4. The highest BCUT2D eigenvalue weighted by molar-refractivity contribution is 6.04. The number of hydrogen-bond donors (Lipinski definition) is 2. The number of amides is 1. The van der Waals surface area contributed by atoms with E-state index in [1.165, 1.54) is 17.1 Å². The normalized spacial score (nSPS) is 10.4. The standard InChI is InChI=1S/C19H17N3O3/c23-18(24)10-11-22-13-16(12-20-22)19(25)21-17-8-6-15(7-9-17)14-4-2-1-3-5-14/h1-9,12-13H,10-11H2,(H,21,25)(H,23,24). The highest BCUT2D eigenvalue weighted by atomic mass is 16.4. The van der Waals surface area contributed by atoms with E-state index < -0.39 is 5.97 Å². The lowest BCUT2D eigenvalue weighted by molar-refractivity contribution is -0.137. The van der Waals surface area contributed by atoms with E-state index in [-0.39, 0.29) is 18.9 Å². The lowest BCUT2D eigenvalue weighted by Crippen LogP contribution is -2.11. The van der Waals surface area contributed by atoms with Gasteiger partial charge in [0.2, 0.25) is 0 Å². The summed E-state index contributed by atoms with van der Waals surface area (Å²) in [4.78, 5) is 22.8. The first-order valence-electron chi connectivity index (χ1n) is 7.83. The van der Waals surface area contributed by atoms with E-state index >= 15 is 0 Å². The van der Waals surface area contributed by atoms with Gasteiger partial charge in [-0.2, -0.15) is 5.10 Å². The Morgan fingerprint density at radius 1 is 1.00 bits per heavy atom. The predicted octanol–water partition coefficient (Wildman–Crippen LogP) is 3.28. The lowest BCUT2D eigenvalue weighted by Gasteiger charge is -2.06. The molecule has 0 bridgehead atoms. The van der Waals surface area contributed by atoms with Gasteiger partial charge in [0.05, 0.1) is 24.7 Å². The molecule has 0 spiro atoms. The minimum absolute atomic E-state index is 0.0380. The Bertz CT molecular complexity index is 870. The van der Waals surface area contributed by atoms with Gasteiger partial charge in [0.1, 0.15) is 0 Å². The van der Waals surface area contributed by atoms with Crippen molar-refractivity contribution in [2.45, 2.75) is 13.0 Å². The maximum absolute atomic E-state index is 12.2. The average molecular weight is 335 g/mol. The molecule has 0 saturated carbocycles. The lowest BCUT2D eigenvalue weighted by atomic mass is 10.1. The Morgan fingerprint density at radius 3 is 2.36 bits per heavy atom. The van der Waals surface area contributed by atoms with Crippen LogP contribution in [-0.2, 0) is 11.3 Å². The van der Waals surface area contributed by atoms with Crippen LogP contribution < -0.4 is 5.32 Å². The third-order valence-corrected chi connectivity index (χ3v) is 3.70.